The van der Waals surface area contributed by atoms with Crippen LogP contribution in [0.25, 0.3) is 0 Å². The average Bonchev–Trinajstić information content (AvgIpc) is 2.70. The molecule has 0 atom stereocenters. The third kappa shape index (κ3) is 5.08. The molecular weight excluding hydrogens is 344 g/mol. The molecule has 0 aliphatic carbocycles. The van der Waals surface area contributed by atoms with Crippen LogP contribution in [-0.2, 0) is 14.3 Å². The Morgan fingerprint density at radius 3 is 2.41 bits per heavy atom. The van der Waals surface area contributed by atoms with Crippen molar-refractivity contribution in [3.8, 4) is 0 Å². The SMILES string of the molecule is CCOC(=O)c1ccccc1Nc1ccc(NC(=O)C2CCOCC2)cc1. The number of hydrogen-bond donors (Lipinski definition) is 2. The molecule has 1 amide bonds. The Labute approximate surface area is 158 Å². The summed E-state index contributed by atoms with van der Waals surface area (Å²) in [4.78, 5) is 24.4. The molecule has 6 heteroatoms. The van der Waals surface area contributed by atoms with Crippen LogP contribution in [0.3, 0.4) is 0 Å². The van der Waals surface area contributed by atoms with Gasteiger partial charge in [-0.3, -0.25) is 4.79 Å². The summed E-state index contributed by atoms with van der Waals surface area (Å²) in [6, 6.07) is 14.6. The molecule has 142 valence electrons. The highest BCUT2D eigenvalue weighted by atomic mass is 16.5. The van der Waals surface area contributed by atoms with Crippen molar-refractivity contribution in [2.75, 3.05) is 30.5 Å². The standard InChI is InChI=1S/C21H24N2O4/c1-2-27-21(25)18-5-3-4-6-19(18)22-16-7-9-17(10-8-16)23-20(24)15-11-13-26-14-12-15/h3-10,15,22H,2,11-14H2,1H3,(H,23,24). The quantitative estimate of drug-likeness (QED) is 0.755. The van der Waals surface area contributed by atoms with E-state index < -0.39 is 0 Å². The van der Waals surface area contributed by atoms with Gasteiger partial charge in [0.25, 0.3) is 0 Å². The summed E-state index contributed by atoms with van der Waals surface area (Å²) in [7, 11) is 0. The maximum absolute atomic E-state index is 12.3. The molecule has 0 saturated carbocycles. The number of nitrogens with one attached hydrogen (secondary N) is 2. The van der Waals surface area contributed by atoms with E-state index in [-0.39, 0.29) is 17.8 Å². The Kier molecular flexibility index (Phi) is 6.44. The molecule has 1 aliphatic heterocycles. The van der Waals surface area contributed by atoms with E-state index in [2.05, 4.69) is 10.6 Å². The van der Waals surface area contributed by atoms with Crippen LogP contribution in [0.1, 0.15) is 30.1 Å². The van der Waals surface area contributed by atoms with Crippen LogP contribution in [-0.4, -0.2) is 31.7 Å². The molecule has 1 saturated heterocycles. The number of esters is 1. The van der Waals surface area contributed by atoms with Gasteiger partial charge >= 0.3 is 5.97 Å². The Morgan fingerprint density at radius 1 is 1.04 bits per heavy atom. The van der Waals surface area contributed by atoms with E-state index in [1.165, 1.54) is 0 Å². The molecular formula is C21H24N2O4. The van der Waals surface area contributed by atoms with Gasteiger partial charge in [-0.05, 0) is 56.2 Å². The fraction of sp³-hybridized carbons (Fsp3) is 0.333. The van der Waals surface area contributed by atoms with Crippen molar-refractivity contribution in [1.29, 1.82) is 0 Å². The minimum atomic E-state index is -0.360. The predicted octanol–water partition coefficient (Wildman–Crippen LogP) is 3.97. The molecule has 2 aromatic rings. The van der Waals surface area contributed by atoms with Crippen LogP contribution in [0.2, 0.25) is 0 Å². The zero-order valence-electron chi connectivity index (χ0n) is 15.4. The van der Waals surface area contributed by atoms with E-state index in [4.69, 9.17) is 9.47 Å². The lowest BCUT2D eigenvalue weighted by atomic mass is 9.99. The minimum Gasteiger partial charge on any atom is -0.462 e. The van der Waals surface area contributed by atoms with Gasteiger partial charge in [-0.15, -0.1) is 0 Å². The first kappa shape index (κ1) is 18.9. The number of para-hydroxylation sites is 1. The van der Waals surface area contributed by atoms with Crippen molar-refractivity contribution >= 4 is 28.9 Å². The summed E-state index contributed by atoms with van der Waals surface area (Å²) in [5.41, 5.74) is 2.72. The summed E-state index contributed by atoms with van der Waals surface area (Å²) in [5, 5.41) is 6.18. The molecule has 0 aromatic heterocycles. The second-order valence-electron chi connectivity index (χ2n) is 6.34. The second kappa shape index (κ2) is 9.19. The zero-order valence-corrected chi connectivity index (χ0v) is 15.4. The van der Waals surface area contributed by atoms with Crippen LogP contribution in [0.4, 0.5) is 17.1 Å². The maximum Gasteiger partial charge on any atom is 0.340 e. The number of hydrogen-bond acceptors (Lipinski definition) is 5. The van der Waals surface area contributed by atoms with Crippen LogP contribution in [0.15, 0.2) is 48.5 Å². The van der Waals surface area contributed by atoms with E-state index >= 15 is 0 Å². The normalized spacial score (nSPS) is 14.4. The lowest BCUT2D eigenvalue weighted by Gasteiger charge is -2.21. The summed E-state index contributed by atoms with van der Waals surface area (Å²) in [5.74, 6) is -0.319. The fourth-order valence-electron chi connectivity index (χ4n) is 2.98. The maximum atomic E-state index is 12.3. The average molecular weight is 368 g/mol. The van der Waals surface area contributed by atoms with Gasteiger partial charge in [0.1, 0.15) is 0 Å². The van der Waals surface area contributed by atoms with Gasteiger partial charge in [0.05, 0.1) is 17.9 Å². The van der Waals surface area contributed by atoms with Crippen molar-refractivity contribution in [3.05, 3.63) is 54.1 Å². The highest BCUT2D eigenvalue weighted by Crippen LogP contribution is 2.24. The Hall–Kier alpha value is -2.86. The monoisotopic (exact) mass is 368 g/mol. The van der Waals surface area contributed by atoms with Crippen molar-refractivity contribution in [3.63, 3.8) is 0 Å². The number of ether oxygens (including phenoxy) is 2. The van der Waals surface area contributed by atoms with Crippen molar-refractivity contribution in [1.82, 2.24) is 0 Å². The number of benzene rings is 2. The first-order valence-electron chi connectivity index (χ1n) is 9.19. The number of carbonyl (C=O) groups is 2. The molecule has 1 fully saturated rings. The lowest BCUT2D eigenvalue weighted by molar-refractivity contribution is -0.122. The topological polar surface area (TPSA) is 76.7 Å². The van der Waals surface area contributed by atoms with Crippen molar-refractivity contribution in [2.45, 2.75) is 19.8 Å². The first-order chi connectivity index (χ1) is 13.2. The van der Waals surface area contributed by atoms with Crippen molar-refractivity contribution < 1.29 is 19.1 Å². The highest BCUT2D eigenvalue weighted by molar-refractivity contribution is 5.96. The van der Waals surface area contributed by atoms with Crippen LogP contribution in [0, 0.1) is 5.92 Å². The Bertz CT molecular complexity index is 783. The van der Waals surface area contributed by atoms with Gasteiger partial charge in [0.2, 0.25) is 5.91 Å². The van der Waals surface area contributed by atoms with Gasteiger partial charge in [-0.1, -0.05) is 12.1 Å². The third-order valence-electron chi connectivity index (χ3n) is 4.45. The Balaban J connectivity index is 1.64. The van der Waals surface area contributed by atoms with Gasteiger partial charge < -0.3 is 20.1 Å². The van der Waals surface area contributed by atoms with E-state index in [1.54, 1.807) is 19.1 Å². The van der Waals surface area contributed by atoms with E-state index in [9.17, 15) is 9.59 Å². The first-order valence-corrected chi connectivity index (χ1v) is 9.19. The molecule has 3 rings (SSSR count). The lowest BCUT2D eigenvalue weighted by Crippen LogP contribution is -2.28. The van der Waals surface area contributed by atoms with Crippen LogP contribution < -0.4 is 10.6 Å². The summed E-state index contributed by atoms with van der Waals surface area (Å²) >= 11 is 0. The number of rotatable bonds is 6. The predicted molar refractivity (Wildman–Crippen MR) is 104 cm³/mol. The largest absolute Gasteiger partial charge is 0.462 e. The zero-order chi connectivity index (χ0) is 19.1. The van der Waals surface area contributed by atoms with Gasteiger partial charge in [0, 0.05) is 30.5 Å². The summed E-state index contributed by atoms with van der Waals surface area (Å²) in [6.07, 6.45) is 1.52. The molecule has 2 aromatic carbocycles. The number of carbonyl (C=O) groups excluding carboxylic acids is 2. The van der Waals surface area contributed by atoms with E-state index in [0.717, 1.165) is 24.2 Å². The molecule has 0 spiro atoms. The second-order valence-corrected chi connectivity index (χ2v) is 6.34. The molecule has 0 bridgehead atoms. The molecule has 1 heterocycles. The van der Waals surface area contributed by atoms with Gasteiger partial charge in [-0.2, -0.15) is 0 Å². The van der Waals surface area contributed by atoms with Gasteiger partial charge in [-0.25, -0.2) is 4.79 Å². The molecule has 6 nitrogen and oxygen atoms in total. The van der Waals surface area contributed by atoms with Crippen LogP contribution >= 0.6 is 0 Å². The van der Waals surface area contributed by atoms with Gasteiger partial charge in [0.15, 0.2) is 0 Å². The highest BCUT2D eigenvalue weighted by Gasteiger charge is 2.21. The summed E-state index contributed by atoms with van der Waals surface area (Å²) in [6.45, 7) is 3.39. The third-order valence-corrected chi connectivity index (χ3v) is 4.45. The fourth-order valence-corrected chi connectivity index (χ4v) is 2.98. The van der Waals surface area contributed by atoms with Crippen LogP contribution in [0.5, 0.6) is 0 Å². The summed E-state index contributed by atoms with van der Waals surface area (Å²) < 4.78 is 10.4. The van der Waals surface area contributed by atoms with E-state index in [1.807, 2.05) is 36.4 Å². The Morgan fingerprint density at radius 2 is 1.70 bits per heavy atom. The van der Waals surface area contributed by atoms with E-state index in [0.29, 0.717) is 31.1 Å². The molecule has 1 aliphatic rings. The molecule has 27 heavy (non-hydrogen) atoms. The molecule has 0 unspecified atom stereocenters. The minimum absolute atomic E-state index is 0.00741. The number of anilines is 3. The molecule has 2 N–H and O–H groups in total. The number of amides is 1. The van der Waals surface area contributed by atoms with Crippen molar-refractivity contribution in [2.24, 2.45) is 5.92 Å². The smallest absolute Gasteiger partial charge is 0.340 e. The molecule has 0 radical (unpaired) electrons.